The first kappa shape index (κ1) is 16.9. The molecule has 128 valence electrons. The summed E-state index contributed by atoms with van der Waals surface area (Å²) in [7, 11) is 0. The van der Waals surface area contributed by atoms with Gasteiger partial charge < -0.3 is 4.57 Å². The van der Waals surface area contributed by atoms with Crippen LogP contribution in [0.4, 0.5) is 4.39 Å². The largest absolute Gasteiger partial charge is 0.313 e. The fraction of sp³-hybridized carbons (Fsp3) is 0.150. The van der Waals surface area contributed by atoms with Crippen molar-refractivity contribution in [2.45, 2.75) is 13.8 Å². The van der Waals surface area contributed by atoms with E-state index >= 15 is 0 Å². The summed E-state index contributed by atoms with van der Waals surface area (Å²) in [6.07, 6.45) is 0. The summed E-state index contributed by atoms with van der Waals surface area (Å²) in [6, 6.07) is 17.8. The standard InChI is InChI=1S/C20H19FN2O2/c1-3-25-22-20(24)18-13-19(15-7-5-4-6-8-15)23(14(18)2)17-11-9-16(21)10-12-17/h4-13H,3H2,1-2H3,(H,22,24). The van der Waals surface area contributed by atoms with Gasteiger partial charge in [0.25, 0.3) is 5.91 Å². The van der Waals surface area contributed by atoms with Crippen LogP contribution in [0.2, 0.25) is 0 Å². The zero-order valence-corrected chi connectivity index (χ0v) is 14.1. The van der Waals surface area contributed by atoms with Gasteiger partial charge in [0.2, 0.25) is 0 Å². The highest BCUT2D eigenvalue weighted by atomic mass is 19.1. The molecule has 1 heterocycles. The Morgan fingerprint density at radius 1 is 1.12 bits per heavy atom. The quantitative estimate of drug-likeness (QED) is 0.706. The third-order valence-electron chi connectivity index (χ3n) is 3.96. The number of carbonyl (C=O) groups excluding carboxylic acids is 1. The minimum atomic E-state index is -0.308. The van der Waals surface area contributed by atoms with E-state index in [1.165, 1.54) is 12.1 Å². The van der Waals surface area contributed by atoms with Gasteiger partial charge in [0, 0.05) is 11.4 Å². The van der Waals surface area contributed by atoms with Crippen LogP contribution >= 0.6 is 0 Å². The summed E-state index contributed by atoms with van der Waals surface area (Å²) < 4.78 is 15.2. The number of nitrogens with one attached hydrogen (secondary N) is 1. The van der Waals surface area contributed by atoms with Crippen molar-refractivity contribution < 1.29 is 14.0 Å². The first-order chi connectivity index (χ1) is 12.1. The summed E-state index contributed by atoms with van der Waals surface area (Å²) in [4.78, 5) is 17.4. The van der Waals surface area contributed by atoms with E-state index in [0.29, 0.717) is 12.2 Å². The van der Waals surface area contributed by atoms with Gasteiger partial charge in [0.1, 0.15) is 5.82 Å². The van der Waals surface area contributed by atoms with E-state index in [2.05, 4.69) is 5.48 Å². The molecule has 2 aromatic carbocycles. The number of aromatic nitrogens is 1. The van der Waals surface area contributed by atoms with Crippen LogP contribution in [0.5, 0.6) is 0 Å². The Morgan fingerprint density at radius 3 is 2.44 bits per heavy atom. The maximum absolute atomic E-state index is 13.3. The normalized spacial score (nSPS) is 10.7. The summed E-state index contributed by atoms with van der Waals surface area (Å²) in [5, 5.41) is 0. The van der Waals surface area contributed by atoms with E-state index in [-0.39, 0.29) is 11.7 Å². The van der Waals surface area contributed by atoms with Crippen molar-refractivity contribution >= 4 is 5.91 Å². The molecule has 0 aliphatic carbocycles. The predicted octanol–water partition coefficient (Wildman–Crippen LogP) is 4.27. The number of hydroxylamine groups is 1. The maximum Gasteiger partial charge on any atom is 0.276 e. The molecule has 3 aromatic rings. The zero-order valence-electron chi connectivity index (χ0n) is 14.1. The smallest absolute Gasteiger partial charge is 0.276 e. The summed E-state index contributed by atoms with van der Waals surface area (Å²) in [5.41, 5.74) is 6.29. The second-order valence-corrected chi connectivity index (χ2v) is 5.57. The van der Waals surface area contributed by atoms with Gasteiger partial charge in [-0.3, -0.25) is 9.63 Å². The Morgan fingerprint density at radius 2 is 1.80 bits per heavy atom. The van der Waals surface area contributed by atoms with Gasteiger partial charge in [-0.25, -0.2) is 9.87 Å². The van der Waals surface area contributed by atoms with E-state index in [0.717, 1.165) is 22.6 Å². The van der Waals surface area contributed by atoms with E-state index in [1.54, 1.807) is 19.1 Å². The zero-order chi connectivity index (χ0) is 17.8. The number of carbonyl (C=O) groups is 1. The Balaban J connectivity index is 2.15. The third kappa shape index (κ3) is 3.46. The lowest BCUT2D eigenvalue weighted by Crippen LogP contribution is -2.24. The highest BCUT2D eigenvalue weighted by molar-refractivity contribution is 5.96. The van der Waals surface area contributed by atoms with Crippen molar-refractivity contribution in [1.82, 2.24) is 10.0 Å². The third-order valence-corrected chi connectivity index (χ3v) is 3.96. The SMILES string of the molecule is CCONC(=O)c1cc(-c2ccccc2)n(-c2ccc(F)cc2)c1C. The molecule has 5 heteroatoms. The molecule has 0 saturated carbocycles. The Kier molecular flexibility index (Phi) is 4.95. The topological polar surface area (TPSA) is 43.3 Å². The molecule has 0 spiro atoms. The van der Waals surface area contributed by atoms with Gasteiger partial charge in [-0.1, -0.05) is 30.3 Å². The summed E-state index contributed by atoms with van der Waals surface area (Å²) in [6.45, 7) is 4.04. The van der Waals surface area contributed by atoms with E-state index < -0.39 is 0 Å². The Hall–Kier alpha value is -2.92. The van der Waals surface area contributed by atoms with Crippen LogP contribution in [-0.4, -0.2) is 17.1 Å². The molecule has 0 aliphatic heterocycles. The van der Waals surface area contributed by atoms with Gasteiger partial charge in [-0.15, -0.1) is 0 Å². The Bertz CT molecular complexity index is 871. The van der Waals surface area contributed by atoms with Crippen LogP contribution in [0, 0.1) is 12.7 Å². The van der Waals surface area contributed by atoms with Crippen molar-refractivity contribution in [2.24, 2.45) is 0 Å². The molecule has 1 N–H and O–H groups in total. The molecule has 3 rings (SSSR count). The second kappa shape index (κ2) is 7.32. The monoisotopic (exact) mass is 338 g/mol. The van der Waals surface area contributed by atoms with Crippen LogP contribution in [-0.2, 0) is 4.84 Å². The Labute approximate surface area is 145 Å². The van der Waals surface area contributed by atoms with Crippen molar-refractivity contribution in [3.63, 3.8) is 0 Å². The second-order valence-electron chi connectivity index (χ2n) is 5.57. The summed E-state index contributed by atoms with van der Waals surface area (Å²) >= 11 is 0. The van der Waals surface area contributed by atoms with Crippen LogP contribution < -0.4 is 5.48 Å². The minimum Gasteiger partial charge on any atom is -0.313 e. The number of halogens is 1. The highest BCUT2D eigenvalue weighted by Gasteiger charge is 2.19. The highest BCUT2D eigenvalue weighted by Crippen LogP contribution is 2.29. The summed E-state index contributed by atoms with van der Waals surface area (Å²) in [5.74, 6) is -0.610. The lowest BCUT2D eigenvalue weighted by atomic mass is 10.1. The average Bonchev–Trinajstić information content (AvgIpc) is 2.98. The molecule has 1 amide bonds. The maximum atomic E-state index is 13.3. The van der Waals surface area contributed by atoms with E-state index in [4.69, 9.17) is 4.84 Å². The molecule has 25 heavy (non-hydrogen) atoms. The molecule has 0 radical (unpaired) electrons. The van der Waals surface area contributed by atoms with Crippen LogP contribution in [0.15, 0.2) is 60.7 Å². The molecular weight excluding hydrogens is 319 g/mol. The van der Waals surface area contributed by atoms with Crippen molar-refractivity contribution in [3.8, 4) is 16.9 Å². The first-order valence-electron chi connectivity index (χ1n) is 8.07. The molecule has 0 aliphatic rings. The van der Waals surface area contributed by atoms with Gasteiger partial charge in [0.05, 0.1) is 17.9 Å². The predicted molar refractivity (Wildman–Crippen MR) is 95.0 cm³/mol. The number of hydrogen-bond donors (Lipinski definition) is 1. The van der Waals surface area contributed by atoms with Crippen LogP contribution in [0.25, 0.3) is 16.9 Å². The van der Waals surface area contributed by atoms with Crippen molar-refractivity contribution in [2.75, 3.05) is 6.61 Å². The molecule has 0 bridgehead atoms. The molecule has 0 fully saturated rings. The molecule has 1 aromatic heterocycles. The van der Waals surface area contributed by atoms with E-state index in [9.17, 15) is 9.18 Å². The first-order valence-corrected chi connectivity index (χ1v) is 8.07. The molecular formula is C20H19FN2O2. The lowest BCUT2D eigenvalue weighted by molar-refractivity contribution is 0.0364. The molecule has 0 atom stereocenters. The van der Waals surface area contributed by atoms with Gasteiger partial charge in [-0.2, -0.15) is 0 Å². The van der Waals surface area contributed by atoms with Gasteiger partial charge in [0.15, 0.2) is 0 Å². The average molecular weight is 338 g/mol. The molecule has 0 saturated heterocycles. The lowest BCUT2D eigenvalue weighted by Gasteiger charge is -2.12. The van der Waals surface area contributed by atoms with Gasteiger partial charge >= 0.3 is 0 Å². The number of rotatable bonds is 5. The fourth-order valence-electron chi connectivity index (χ4n) is 2.77. The van der Waals surface area contributed by atoms with E-state index in [1.807, 2.05) is 47.9 Å². The van der Waals surface area contributed by atoms with Crippen molar-refractivity contribution in [3.05, 3.63) is 77.7 Å². The number of hydrogen-bond acceptors (Lipinski definition) is 2. The molecule has 4 nitrogen and oxygen atoms in total. The number of benzene rings is 2. The minimum absolute atomic E-state index is 0.302. The van der Waals surface area contributed by atoms with Crippen molar-refractivity contribution in [1.29, 1.82) is 0 Å². The number of amides is 1. The fourth-order valence-corrected chi connectivity index (χ4v) is 2.77. The van der Waals surface area contributed by atoms with Crippen LogP contribution in [0.3, 0.4) is 0 Å². The molecule has 0 unspecified atom stereocenters. The van der Waals surface area contributed by atoms with Crippen LogP contribution in [0.1, 0.15) is 23.0 Å². The number of nitrogens with zero attached hydrogens (tertiary/aromatic N) is 1. The van der Waals surface area contributed by atoms with Gasteiger partial charge in [-0.05, 0) is 49.7 Å².